The Bertz CT molecular complexity index is 492. The van der Waals surface area contributed by atoms with Crippen molar-refractivity contribution in [3.05, 3.63) is 33.7 Å². The zero-order chi connectivity index (χ0) is 13.1. The minimum atomic E-state index is -0.628. The molecule has 5 nitrogen and oxygen atoms in total. The number of carbonyl (C=O) groups is 2. The van der Waals surface area contributed by atoms with Gasteiger partial charge in [-0.25, -0.2) is 4.79 Å². The molecule has 1 aliphatic heterocycles. The largest absolute Gasteiger partial charge is 0.503 e. The van der Waals surface area contributed by atoms with Gasteiger partial charge >= 0.3 is 5.97 Å². The molecule has 96 valence electrons. The summed E-state index contributed by atoms with van der Waals surface area (Å²) in [5.74, 6) is -1.64. The Balaban J connectivity index is 2.08. The maximum atomic E-state index is 11.8. The van der Waals surface area contributed by atoms with Crippen LogP contribution in [-0.4, -0.2) is 35.0 Å². The van der Waals surface area contributed by atoms with Crippen LogP contribution in [0.5, 0.6) is 0 Å². The molecule has 0 aliphatic carbocycles. The van der Waals surface area contributed by atoms with Crippen LogP contribution in [0.15, 0.2) is 28.8 Å². The molecule has 1 aliphatic rings. The molecular weight excluding hydrogens is 254 g/mol. The summed E-state index contributed by atoms with van der Waals surface area (Å²) >= 11 is 1.52. The number of carbonyl (C=O) groups excluding carboxylic acids is 2. The van der Waals surface area contributed by atoms with Crippen molar-refractivity contribution < 1.29 is 19.4 Å². The Morgan fingerprint density at radius 2 is 2.39 bits per heavy atom. The maximum absolute atomic E-state index is 11.8. The Kier molecular flexibility index (Phi) is 3.66. The van der Waals surface area contributed by atoms with Gasteiger partial charge in [0, 0.05) is 4.88 Å². The smallest absolute Gasteiger partial charge is 0.339 e. The average molecular weight is 267 g/mol. The number of aliphatic hydroxyl groups is 1. The first-order valence-corrected chi connectivity index (χ1v) is 6.42. The van der Waals surface area contributed by atoms with E-state index in [4.69, 9.17) is 4.74 Å². The van der Waals surface area contributed by atoms with Gasteiger partial charge < -0.3 is 14.7 Å². The van der Waals surface area contributed by atoms with Crippen LogP contribution in [-0.2, 0) is 20.9 Å². The van der Waals surface area contributed by atoms with E-state index in [0.29, 0.717) is 6.54 Å². The first-order chi connectivity index (χ1) is 8.63. The standard InChI is InChI=1S/C12H13NO4S/c1-2-17-12(16)9-7-13(11(15)10(9)14)6-8-4-3-5-18-8/h3-5,14H,2,6-7H2,1H3. The van der Waals surface area contributed by atoms with Gasteiger partial charge in [-0.2, -0.15) is 0 Å². The first-order valence-electron chi connectivity index (χ1n) is 5.54. The van der Waals surface area contributed by atoms with E-state index in [9.17, 15) is 14.7 Å². The summed E-state index contributed by atoms with van der Waals surface area (Å²) in [7, 11) is 0. The van der Waals surface area contributed by atoms with E-state index in [1.165, 1.54) is 16.2 Å². The third-order valence-corrected chi connectivity index (χ3v) is 3.43. The molecule has 1 N–H and O–H groups in total. The van der Waals surface area contributed by atoms with Crippen molar-refractivity contribution in [3.63, 3.8) is 0 Å². The maximum Gasteiger partial charge on any atom is 0.339 e. The van der Waals surface area contributed by atoms with Gasteiger partial charge in [0.1, 0.15) is 5.57 Å². The van der Waals surface area contributed by atoms with Gasteiger partial charge in [-0.05, 0) is 18.4 Å². The Hall–Kier alpha value is -1.82. The van der Waals surface area contributed by atoms with E-state index >= 15 is 0 Å². The third kappa shape index (κ3) is 2.38. The van der Waals surface area contributed by atoms with Crippen molar-refractivity contribution >= 4 is 23.2 Å². The van der Waals surface area contributed by atoms with Crippen molar-refractivity contribution in [2.45, 2.75) is 13.5 Å². The zero-order valence-corrected chi connectivity index (χ0v) is 10.7. The molecule has 1 aromatic rings. The van der Waals surface area contributed by atoms with E-state index in [2.05, 4.69) is 0 Å². The highest BCUT2D eigenvalue weighted by Crippen LogP contribution is 2.22. The highest BCUT2D eigenvalue weighted by atomic mass is 32.1. The molecular formula is C12H13NO4S. The van der Waals surface area contributed by atoms with Crippen LogP contribution >= 0.6 is 11.3 Å². The summed E-state index contributed by atoms with van der Waals surface area (Å²) in [4.78, 5) is 25.7. The molecule has 0 fully saturated rings. The summed E-state index contributed by atoms with van der Waals surface area (Å²) in [6.07, 6.45) is 0. The predicted octanol–water partition coefficient (Wildman–Crippen LogP) is 1.47. The highest BCUT2D eigenvalue weighted by molar-refractivity contribution is 7.09. The fraction of sp³-hybridized carbons (Fsp3) is 0.333. The van der Waals surface area contributed by atoms with Crippen molar-refractivity contribution in [2.24, 2.45) is 0 Å². The van der Waals surface area contributed by atoms with E-state index in [0.717, 1.165) is 4.88 Å². The highest BCUT2D eigenvalue weighted by Gasteiger charge is 2.34. The van der Waals surface area contributed by atoms with Gasteiger partial charge in [0.05, 0.1) is 19.7 Å². The summed E-state index contributed by atoms with van der Waals surface area (Å²) in [6.45, 7) is 2.38. The van der Waals surface area contributed by atoms with Crippen LogP contribution in [0, 0.1) is 0 Å². The molecule has 0 radical (unpaired) electrons. The van der Waals surface area contributed by atoms with Gasteiger partial charge in [0.15, 0.2) is 5.76 Å². The minimum absolute atomic E-state index is 0.0402. The van der Waals surface area contributed by atoms with Gasteiger partial charge in [-0.15, -0.1) is 11.3 Å². The fourth-order valence-electron chi connectivity index (χ4n) is 1.71. The van der Waals surface area contributed by atoms with Gasteiger partial charge in [0.25, 0.3) is 5.91 Å². The predicted molar refractivity (Wildman–Crippen MR) is 66.0 cm³/mol. The molecule has 2 heterocycles. The summed E-state index contributed by atoms with van der Waals surface area (Å²) < 4.78 is 4.79. The van der Waals surface area contributed by atoms with E-state index in [1.807, 2.05) is 17.5 Å². The number of amides is 1. The van der Waals surface area contributed by atoms with Crippen LogP contribution in [0.4, 0.5) is 0 Å². The van der Waals surface area contributed by atoms with Crippen molar-refractivity contribution in [1.29, 1.82) is 0 Å². The number of ether oxygens (including phenoxy) is 1. The fourth-order valence-corrected chi connectivity index (χ4v) is 2.43. The molecule has 0 atom stereocenters. The zero-order valence-electron chi connectivity index (χ0n) is 9.88. The van der Waals surface area contributed by atoms with Crippen LogP contribution in [0.25, 0.3) is 0 Å². The quantitative estimate of drug-likeness (QED) is 0.839. The van der Waals surface area contributed by atoms with Crippen LogP contribution in [0.2, 0.25) is 0 Å². The molecule has 0 unspecified atom stereocenters. The Labute approximate surface area is 108 Å². The lowest BCUT2D eigenvalue weighted by atomic mass is 10.2. The Morgan fingerprint density at radius 3 is 3.00 bits per heavy atom. The number of hydrogen-bond donors (Lipinski definition) is 1. The molecule has 18 heavy (non-hydrogen) atoms. The summed E-state index contributed by atoms with van der Waals surface area (Å²) in [6, 6.07) is 3.79. The lowest BCUT2D eigenvalue weighted by Gasteiger charge is -2.14. The van der Waals surface area contributed by atoms with Crippen LogP contribution in [0.1, 0.15) is 11.8 Å². The second kappa shape index (κ2) is 5.22. The van der Waals surface area contributed by atoms with E-state index < -0.39 is 17.6 Å². The van der Waals surface area contributed by atoms with Gasteiger partial charge in [-0.1, -0.05) is 6.07 Å². The number of thiophene rings is 1. The van der Waals surface area contributed by atoms with Crippen molar-refractivity contribution in [2.75, 3.05) is 13.2 Å². The first kappa shape index (κ1) is 12.6. The normalized spacial score (nSPS) is 15.4. The lowest BCUT2D eigenvalue weighted by molar-refractivity contribution is -0.138. The Morgan fingerprint density at radius 1 is 1.61 bits per heavy atom. The minimum Gasteiger partial charge on any atom is -0.503 e. The molecule has 0 bridgehead atoms. The number of esters is 1. The third-order valence-electron chi connectivity index (χ3n) is 2.57. The molecule has 1 amide bonds. The second-order valence-corrected chi connectivity index (χ2v) is 4.82. The van der Waals surface area contributed by atoms with Crippen LogP contribution < -0.4 is 0 Å². The molecule has 0 spiro atoms. The second-order valence-electron chi connectivity index (χ2n) is 3.79. The molecule has 6 heteroatoms. The number of hydrogen-bond acceptors (Lipinski definition) is 5. The monoisotopic (exact) mass is 267 g/mol. The topological polar surface area (TPSA) is 66.8 Å². The van der Waals surface area contributed by atoms with E-state index in [1.54, 1.807) is 6.92 Å². The molecule has 0 aromatic carbocycles. The average Bonchev–Trinajstić information content (AvgIpc) is 2.93. The van der Waals surface area contributed by atoms with Gasteiger partial charge in [-0.3, -0.25) is 4.79 Å². The van der Waals surface area contributed by atoms with E-state index in [-0.39, 0.29) is 18.7 Å². The van der Waals surface area contributed by atoms with Gasteiger partial charge in [0.2, 0.25) is 0 Å². The molecule has 2 rings (SSSR count). The number of nitrogens with zero attached hydrogens (tertiary/aromatic N) is 1. The molecule has 0 saturated heterocycles. The van der Waals surface area contributed by atoms with Crippen molar-refractivity contribution in [1.82, 2.24) is 4.90 Å². The molecule has 0 saturated carbocycles. The van der Waals surface area contributed by atoms with Crippen molar-refractivity contribution in [3.8, 4) is 0 Å². The number of rotatable bonds is 4. The SMILES string of the molecule is CCOC(=O)C1=C(O)C(=O)N(Cc2cccs2)C1. The summed E-state index contributed by atoms with van der Waals surface area (Å²) in [5.41, 5.74) is 0.0402. The molecule has 1 aromatic heterocycles. The van der Waals surface area contributed by atoms with Crippen LogP contribution in [0.3, 0.4) is 0 Å². The summed E-state index contributed by atoms with van der Waals surface area (Å²) in [5, 5.41) is 11.6. The lowest BCUT2D eigenvalue weighted by Crippen LogP contribution is -2.26. The number of aliphatic hydroxyl groups excluding tert-OH is 1.